The number of nitriles is 2. The van der Waals surface area contributed by atoms with Crippen molar-refractivity contribution in [2.24, 2.45) is 0 Å². The number of nitrogens with two attached hydrogens (primary N) is 1. The van der Waals surface area contributed by atoms with E-state index in [2.05, 4.69) is 33.1 Å². The highest BCUT2D eigenvalue weighted by atomic mass is 79.9. The van der Waals surface area contributed by atoms with Crippen LogP contribution < -0.4 is 10.7 Å². The monoisotopic (exact) mass is 367 g/mol. The molecule has 0 atom stereocenters. The van der Waals surface area contributed by atoms with Gasteiger partial charge in [-0.1, -0.05) is 0 Å². The third kappa shape index (κ3) is 2.25. The number of nitrogen functional groups attached to an aromatic ring is 1. The van der Waals surface area contributed by atoms with Gasteiger partial charge >= 0.3 is 0 Å². The van der Waals surface area contributed by atoms with Crippen molar-refractivity contribution in [1.82, 2.24) is 0 Å². The lowest BCUT2D eigenvalue weighted by atomic mass is 9.96. The van der Waals surface area contributed by atoms with E-state index in [1.807, 2.05) is 26.0 Å². The van der Waals surface area contributed by atoms with Crippen molar-refractivity contribution in [2.75, 3.05) is 5.73 Å². The fraction of sp³-hybridized carbons (Fsp3) is 0.118. The summed E-state index contributed by atoms with van der Waals surface area (Å²) in [5, 5.41) is 18.8. The largest absolute Gasteiger partial charge is 0.450 e. The molecule has 3 rings (SSSR count). The lowest BCUT2D eigenvalue weighted by Crippen LogP contribution is -2.20. The smallest absolute Gasteiger partial charge is 0.289 e. The van der Waals surface area contributed by atoms with Crippen LogP contribution >= 0.6 is 15.9 Å². The van der Waals surface area contributed by atoms with Crippen LogP contribution in [-0.4, -0.2) is 0 Å². The van der Waals surface area contributed by atoms with Gasteiger partial charge < -0.3 is 4.42 Å². The minimum atomic E-state index is 0.270. The molecule has 5 nitrogen and oxygen atoms in total. The van der Waals surface area contributed by atoms with Crippen LogP contribution in [-0.2, 0) is 0 Å². The molecule has 0 bridgehead atoms. The maximum absolute atomic E-state index is 9.49. The normalized spacial score (nSPS) is 14.7. The van der Waals surface area contributed by atoms with Gasteiger partial charge in [0.2, 0.25) is 0 Å². The number of pyridine rings is 1. The lowest BCUT2D eigenvalue weighted by Gasteiger charge is -2.07. The highest BCUT2D eigenvalue weighted by molar-refractivity contribution is 9.10. The standard InChI is InChI=1S/C17H11BrN4O/c1-8-11(5-10-3-4-14(18)23-10)15-9(2)13(7-20)17(21)22-16(15)12(8)6-19/h3-5H,1-2H3,(H2,21,22)/p+1. The fourth-order valence-corrected chi connectivity index (χ4v) is 3.14. The van der Waals surface area contributed by atoms with E-state index < -0.39 is 0 Å². The molecule has 0 unspecified atom stereocenters. The Morgan fingerprint density at radius 3 is 2.57 bits per heavy atom. The molecule has 3 N–H and O–H groups in total. The maximum atomic E-state index is 9.49. The van der Waals surface area contributed by atoms with Crippen LogP contribution in [0.25, 0.3) is 17.2 Å². The summed E-state index contributed by atoms with van der Waals surface area (Å²) in [6.45, 7) is 3.71. The average Bonchev–Trinajstić information content (AvgIpc) is 3.02. The molecule has 6 heteroatoms. The molecule has 0 aromatic carbocycles. The molecule has 2 aromatic heterocycles. The molecular weight excluding hydrogens is 356 g/mol. The molecule has 2 aromatic rings. The molecule has 112 valence electrons. The molecular formula is C17H12BrN4O+. The van der Waals surface area contributed by atoms with Gasteiger partial charge in [-0.15, -0.1) is 0 Å². The summed E-state index contributed by atoms with van der Waals surface area (Å²) < 4.78 is 6.16. The van der Waals surface area contributed by atoms with Gasteiger partial charge in [-0.3, -0.25) is 5.73 Å². The first-order valence-corrected chi connectivity index (χ1v) is 7.61. The second kappa shape index (κ2) is 5.42. The Kier molecular flexibility index (Phi) is 3.55. The van der Waals surface area contributed by atoms with Gasteiger partial charge in [-0.25, -0.2) is 4.98 Å². The van der Waals surface area contributed by atoms with E-state index in [9.17, 15) is 10.5 Å². The SMILES string of the molecule is CC1=C(C#N)c2[nH+]c(N)c(C#N)c(C)c2C1=Cc1ccc(Br)o1. The predicted molar refractivity (Wildman–Crippen MR) is 89.3 cm³/mol. The van der Waals surface area contributed by atoms with E-state index in [1.54, 1.807) is 6.07 Å². The van der Waals surface area contributed by atoms with Gasteiger partial charge in [0.25, 0.3) is 5.82 Å². The predicted octanol–water partition coefficient (Wildman–Crippen LogP) is 3.47. The third-order valence-corrected chi connectivity index (χ3v) is 4.36. The summed E-state index contributed by atoms with van der Waals surface area (Å²) in [5.74, 6) is 0.928. The van der Waals surface area contributed by atoms with Crippen molar-refractivity contribution in [3.05, 3.63) is 50.5 Å². The Morgan fingerprint density at radius 2 is 2.00 bits per heavy atom. The van der Waals surface area contributed by atoms with Gasteiger partial charge in [-0.05, 0) is 64.7 Å². The van der Waals surface area contributed by atoms with Crippen LogP contribution in [0.15, 0.2) is 26.8 Å². The molecule has 0 aliphatic heterocycles. The Morgan fingerprint density at radius 1 is 1.26 bits per heavy atom. The molecule has 1 aliphatic carbocycles. The van der Waals surface area contributed by atoms with Gasteiger partial charge in [0.15, 0.2) is 10.4 Å². The minimum Gasteiger partial charge on any atom is -0.450 e. The van der Waals surface area contributed by atoms with E-state index in [-0.39, 0.29) is 5.82 Å². The molecule has 0 saturated carbocycles. The summed E-state index contributed by atoms with van der Waals surface area (Å²) in [6.07, 6.45) is 1.86. The second-order valence-electron chi connectivity index (χ2n) is 5.21. The first-order valence-electron chi connectivity index (χ1n) is 6.82. The Bertz CT molecular complexity index is 983. The zero-order valence-corrected chi connectivity index (χ0v) is 14.1. The number of anilines is 1. The number of H-pyrrole nitrogens is 1. The first-order chi connectivity index (χ1) is 11.0. The lowest BCUT2D eigenvalue weighted by molar-refractivity contribution is -0.364. The second-order valence-corrected chi connectivity index (χ2v) is 5.99. The number of furan rings is 1. The van der Waals surface area contributed by atoms with Crippen LogP contribution in [0.3, 0.4) is 0 Å². The van der Waals surface area contributed by atoms with E-state index in [0.717, 1.165) is 22.3 Å². The summed E-state index contributed by atoms with van der Waals surface area (Å²) in [6, 6.07) is 7.96. The summed E-state index contributed by atoms with van der Waals surface area (Å²) in [4.78, 5) is 2.99. The van der Waals surface area contributed by atoms with Crippen LogP contribution in [0.1, 0.15) is 35.1 Å². The van der Waals surface area contributed by atoms with Crippen LogP contribution in [0.5, 0.6) is 0 Å². The molecule has 0 radical (unpaired) electrons. The summed E-state index contributed by atoms with van der Waals surface area (Å²) >= 11 is 3.27. The van der Waals surface area contributed by atoms with Gasteiger partial charge in [0.1, 0.15) is 29.0 Å². The van der Waals surface area contributed by atoms with E-state index in [1.165, 1.54) is 0 Å². The van der Waals surface area contributed by atoms with Crippen molar-refractivity contribution >= 4 is 39.0 Å². The highest BCUT2D eigenvalue weighted by Crippen LogP contribution is 2.42. The molecule has 2 heterocycles. The average molecular weight is 368 g/mol. The van der Waals surface area contributed by atoms with Gasteiger partial charge in [-0.2, -0.15) is 10.5 Å². The number of nitrogens with zero attached hydrogens (tertiary/aromatic N) is 2. The highest BCUT2D eigenvalue weighted by Gasteiger charge is 2.32. The summed E-state index contributed by atoms with van der Waals surface area (Å²) in [5.41, 5.74) is 10.7. The number of halogens is 1. The van der Waals surface area contributed by atoms with Crippen LogP contribution in [0.2, 0.25) is 0 Å². The van der Waals surface area contributed by atoms with Crippen molar-refractivity contribution < 1.29 is 9.40 Å². The number of hydrogen-bond donors (Lipinski definition) is 1. The zero-order valence-electron chi connectivity index (χ0n) is 12.5. The minimum absolute atomic E-state index is 0.270. The topological polar surface area (TPSA) is 101 Å². The van der Waals surface area contributed by atoms with E-state index >= 15 is 0 Å². The molecule has 0 saturated heterocycles. The molecule has 1 aliphatic rings. The number of nitrogens with one attached hydrogen (secondary N) is 1. The van der Waals surface area contributed by atoms with Gasteiger partial charge in [0, 0.05) is 5.56 Å². The quantitative estimate of drug-likeness (QED) is 0.833. The number of allylic oxidation sites excluding steroid dienone is 3. The van der Waals surface area contributed by atoms with Crippen LogP contribution in [0.4, 0.5) is 5.82 Å². The van der Waals surface area contributed by atoms with Crippen molar-refractivity contribution in [3.63, 3.8) is 0 Å². The number of fused-ring (bicyclic) bond motifs is 1. The first kappa shape index (κ1) is 15.1. The Labute approximate surface area is 141 Å². The Balaban J connectivity index is 2.34. The third-order valence-electron chi connectivity index (χ3n) is 3.93. The van der Waals surface area contributed by atoms with Crippen molar-refractivity contribution in [3.8, 4) is 12.1 Å². The number of aromatic amines is 1. The molecule has 0 amide bonds. The van der Waals surface area contributed by atoms with Crippen LogP contribution in [0, 0.1) is 29.6 Å². The molecule has 0 fully saturated rings. The number of rotatable bonds is 1. The fourth-order valence-electron chi connectivity index (χ4n) is 2.82. The Hall–Kier alpha value is -2.83. The van der Waals surface area contributed by atoms with E-state index in [4.69, 9.17) is 10.2 Å². The zero-order chi connectivity index (χ0) is 16.7. The number of hydrogen-bond acceptors (Lipinski definition) is 4. The molecule has 0 spiro atoms. The van der Waals surface area contributed by atoms with E-state index in [0.29, 0.717) is 27.3 Å². The molecule has 23 heavy (non-hydrogen) atoms. The van der Waals surface area contributed by atoms with Crippen molar-refractivity contribution in [2.45, 2.75) is 13.8 Å². The maximum Gasteiger partial charge on any atom is 0.289 e. The number of aromatic nitrogens is 1. The van der Waals surface area contributed by atoms with Gasteiger partial charge in [0.05, 0.1) is 0 Å². The summed E-state index contributed by atoms with van der Waals surface area (Å²) in [7, 11) is 0. The van der Waals surface area contributed by atoms with Crippen molar-refractivity contribution in [1.29, 1.82) is 10.5 Å².